The molecule has 0 aromatic heterocycles. The third kappa shape index (κ3) is 3.21. The maximum absolute atomic E-state index is 12.4. The van der Waals surface area contributed by atoms with Gasteiger partial charge in [-0.15, -0.1) is 0 Å². The van der Waals surface area contributed by atoms with Gasteiger partial charge in [0.2, 0.25) is 0 Å². The molecule has 0 bridgehead atoms. The highest BCUT2D eigenvalue weighted by Gasteiger charge is 2.46. The van der Waals surface area contributed by atoms with E-state index in [-0.39, 0.29) is 10.8 Å². The Hall–Kier alpha value is -2.38. The molecule has 1 aromatic carbocycles. The van der Waals surface area contributed by atoms with Crippen molar-refractivity contribution in [1.82, 2.24) is 10.4 Å². The van der Waals surface area contributed by atoms with E-state index in [0.29, 0.717) is 5.56 Å². The number of hydrazine groups is 1. The fraction of sp³-hybridized carbons (Fsp3) is 0.308. The lowest BCUT2D eigenvalue weighted by atomic mass is 10.1. The minimum atomic E-state index is -5.13. The zero-order chi connectivity index (χ0) is 15.8. The third-order valence-corrected chi connectivity index (χ3v) is 2.78. The van der Waals surface area contributed by atoms with Crippen LogP contribution in [0.2, 0.25) is 0 Å². The molecular formula is C13H12F3N3O2. The van der Waals surface area contributed by atoms with Gasteiger partial charge in [0.05, 0.1) is 0 Å². The summed E-state index contributed by atoms with van der Waals surface area (Å²) in [5.41, 5.74) is 4.44. The van der Waals surface area contributed by atoms with Gasteiger partial charge in [0.25, 0.3) is 5.91 Å². The minimum absolute atomic E-state index is 0.0417. The van der Waals surface area contributed by atoms with Crippen LogP contribution in [0.1, 0.15) is 16.7 Å². The van der Waals surface area contributed by atoms with Gasteiger partial charge < -0.3 is 0 Å². The smallest absolute Gasteiger partial charge is 0.271 e. The van der Waals surface area contributed by atoms with Crippen LogP contribution in [0.25, 0.3) is 0 Å². The topological polar surface area (TPSA) is 61.8 Å². The lowest BCUT2D eigenvalue weighted by Gasteiger charge is -2.27. The number of nitrogens with one attached hydrogen (secondary N) is 1. The lowest BCUT2D eigenvalue weighted by Crippen LogP contribution is -2.57. The van der Waals surface area contributed by atoms with Gasteiger partial charge in [-0.1, -0.05) is 17.2 Å². The Balaban J connectivity index is 2.32. The number of alkyl halides is 3. The van der Waals surface area contributed by atoms with Crippen LogP contribution in [0.4, 0.5) is 13.2 Å². The molecule has 0 saturated carbocycles. The van der Waals surface area contributed by atoms with E-state index in [0.717, 1.165) is 11.1 Å². The van der Waals surface area contributed by atoms with Crippen molar-refractivity contribution in [2.75, 3.05) is 6.54 Å². The van der Waals surface area contributed by atoms with Gasteiger partial charge >= 0.3 is 12.1 Å². The number of benzene rings is 1. The van der Waals surface area contributed by atoms with E-state index < -0.39 is 24.5 Å². The Kier molecular flexibility index (Phi) is 3.71. The number of rotatable bonds is 1. The van der Waals surface area contributed by atoms with Crippen molar-refractivity contribution in [2.24, 2.45) is 4.99 Å². The van der Waals surface area contributed by atoms with E-state index in [4.69, 9.17) is 0 Å². The summed E-state index contributed by atoms with van der Waals surface area (Å²) in [6, 6.07) is 5.28. The van der Waals surface area contributed by atoms with Crippen LogP contribution in [0.15, 0.2) is 23.2 Å². The molecule has 1 aromatic rings. The molecule has 2 rings (SSSR count). The average Bonchev–Trinajstić information content (AvgIpc) is 2.36. The number of carbonyl (C=O) groups excluding carboxylic acids is 2. The van der Waals surface area contributed by atoms with E-state index in [9.17, 15) is 22.8 Å². The number of imide groups is 1. The Labute approximate surface area is 118 Å². The molecule has 1 aliphatic heterocycles. The van der Waals surface area contributed by atoms with Gasteiger partial charge in [-0.2, -0.15) is 18.2 Å². The van der Waals surface area contributed by atoms with Crippen molar-refractivity contribution in [3.8, 4) is 0 Å². The SMILES string of the molecule is Cc1cc(C)cc(C2=NCC(=O)N(C(=O)C(F)(F)F)N2)c1. The van der Waals surface area contributed by atoms with Gasteiger partial charge in [-0.25, -0.2) is 0 Å². The van der Waals surface area contributed by atoms with Crippen LogP contribution in [0.3, 0.4) is 0 Å². The van der Waals surface area contributed by atoms with Crippen molar-refractivity contribution in [2.45, 2.75) is 20.0 Å². The molecule has 5 nitrogen and oxygen atoms in total. The molecule has 0 saturated heterocycles. The maximum atomic E-state index is 12.4. The number of hydrogen-bond donors (Lipinski definition) is 1. The molecule has 2 amide bonds. The quantitative estimate of drug-likeness (QED) is 0.854. The summed E-state index contributed by atoms with van der Waals surface area (Å²) in [5, 5.41) is -0.0417. The van der Waals surface area contributed by atoms with E-state index >= 15 is 0 Å². The zero-order valence-electron chi connectivity index (χ0n) is 11.3. The summed E-state index contributed by atoms with van der Waals surface area (Å²) >= 11 is 0. The molecule has 0 unspecified atom stereocenters. The van der Waals surface area contributed by atoms with Crippen LogP contribution >= 0.6 is 0 Å². The summed E-state index contributed by atoms with van der Waals surface area (Å²) in [7, 11) is 0. The first-order chi connectivity index (χ1) is 9.68. The second-order valence-corrected chi connectivity index (χ2v) is 4.69. The molecule has 112 valence electrons. The Bertz CT molecular complexity index is 618. The third-order valence-electron chi connectivity index (χ3n) is 2.78. The van der Waals surface area contributed by atoms with Crippen molar-refractivity contribution in [3.05, 3.63) is 34.9 Å². The van der Waals surface area contributed by atoms with Crippen LogP contribution in [-0.2, 0) is 9.59 Å². The first-order valence-electron chi connectivity index (χ1n) is 6.02. The summed E-state index contributed by atoms with van der Waals surface area (Å²) in [4.78, 5) is 26.5. The first-order valence-corrected chi connectivity index (χ1v) is 6.02. The van der Waals surface area contributed by atoms with Crippen LogP contribution in [-0.4, -0.2) is 35.4 Å². The van der Waals surface area contributed by atoms with Gasteiger partial charge in [0, 0.05) is 5.56 Å². The van der Waals surface area contributed by atoms with Crippen molar-refractivity contribution < 1.29 is 22.8 Å². The molecule has 0 aliphatic carbocycles. The Morgan fingerprint density at radius 3 is 2.33 bits per heavy atom. The van der Waals surface area contributed by atoms with Crippen LogP contribution < -0.4 is 5.43 Å². The fourth-order valence-electron chi connectivity index (χ4n) is 1.98. The molecule has 0 spiro atoms. The van der Waals surface area contributed by atoms with E-state index in [1.165, 1.54) is 0 Å². The Morgan fingerprint density at radius 2 is 1.81 bits per heavy atom. The largest absolute Gasteiger partial charge is 0.473 e. The second-order valence-electron chi connectivity index (χ2n) is 4.69. The maximum Gasteiger partial charge on any atom is 0.473 e. The molecule has 8 heteroatoms. The Morgan fingerprint density at radius 1 is 1.24 bits per heavy atom. The van der Waals surface area contributed by atoms with Gasteiger partial charge in [0.1, 0.15) is 12.4 Å². The second kappa shape index (κ2) is 5.19. The number of amidine groups is 1. The average molecular weight is 299 g/mol. The molecule has 0 fully saturated rings. The fourth-order valence-corrected chi connectivity index (χ4v) is 1.98. The normalized spacial score (nSPS) is 15.6. The predicted octanol–water partition coefficient (Wildman–Crippen LogP) is 1.49. The summed E-state index contributed by atoms with van der Waals surface area (Å²) in [6.07, 6.45) is -5.13. The summed E-state index contributed by atoms with van der Waals surface area (Å²) < 4.78 is 37.3. The number of nitrogens with zero attached hydrogens (tertiary/aromatic N) is 2. The van der Waals surface area contributed by atoms with Gasteiger partial charge in [0.15, 0.2) is 0 Å². The number of halogens is 3. The van der Waals surface area contributed by atoms with Crippen LogP contribution in [0, 0.1) is 13.8 Å². The van der Waals surface area contributed by atoms with E-state index in [1.807, 2.05) is 19.9 Å². The lowest BCUT2D eigenvalue weighted by molar-refractivity contribution is -0.189. The van der Waals surface area contributed by atoms with Crippen molar-refractivity contribution >= 4 is 17.6 Å². The number of aliphatic imine (C=N–C) groups is 1. The highest BCUT2D eigenvalue weighted by molar-refractivity contribution is 6.08. The number of aryl methyl sites for hydroxylation is 2. The minimum Gasteiger partial charge on any atom is -0.271 e. The predicted molar refractivity (Wildman–Crippen MR) is 68.4 cm³/mol. The molecule has 1 N–H and O–H groups in total. The van der Waals surface area contributed by atoms with Crippen molar-refractivity contribution in [1.29, 1.82) is 0 Å². The van der Waals surface area contributed by atoms with Gasteiger partial charge in [-0.05, 0) is 26.0 Å². The van der Waals surface area contributed by atoms with E-state index in [2.05, 4.69) is 10.4 Å². The number of carbonyl (C=O) groups is 2. The van der Waals surface area contributed by atoms with E-state index in [1.54, 1.807) is 12.1 Å². The molecule has 0 radical (unpaired) electrons. The number of amides is 2. The number of hydrogen-bond acceptors (Lipinski definition) is 4. The summed E-state index contributed by atoms with van der Waals surface area (Å²) in [5.74, 6) is -3.26. The van der Waals surface area contributed by atoms with Crippen LogP contribution in [0.5, 0.6) is 0 Å². The van der Waals surface area contributed by atoms with Crippen molar-refractivity contribution in [3.63, 3.8) is 0 Å². The highest BCUT2D eigenvalue weighted by atomic mass is 19.4. The highest BCUT2D eigenvalue weighted by Crippen LogP contribution is 2.19. The molecular weight excluding hydrogens is 287 g/mol. The standard InChI is InChI=1S/C13H12F3N3O2/c1-7-3-8(2)5-9(4-7)11-17-6-10(20)19(18-11)12(21)13(14,15)16/h3-5H,6H2,1-2H3,(H,17,18). The molecule has 1 aliphatic rings. The molecule has 1 heterocycles. The zero-order valence-corrected chi connectivity index (χ0v) is 11.3. The first kappa shape index (κ1) is 15.0. The molecule has 21 heavy (non-hydrogen) atoms. The van der Waals surface area contributed by atoms with Gasteiger partial charge in [-0.3, -0.25) is 20.0 Å². The monoisotopic (exact) mass is 299 g/mol. The molecule has 0 atom stereocenters. The summed E-state index contributed by atoms with van der Waals surface area (Å²) in [6.45, 7) is 3.13.